The fourth-order valence-corrected chi connectivity index (χ4v) is 0. The molecule has 0 radical (unpaired) electrons. The van der Waals surface area contributed by atoms with Crippen molar-refractivity contribution in [2.24, 2.45) is 5.73 Å². The highest BCUT2D eigenvalue weighted by Crippen LogP contribution is 1.33. The first-order valence-corrected chi connectivity index (χ1v) is 0.993. The van der Waals surface area contributed by atoms with Crippen molar-refractivity contribution >= 4 is 5.91 Å². The van der Waals surface area contributed by atoms with E-state index in [0.717, 1.165) is 0 Å². The molecule has 0 unspecified atom stereocenters. The first kappa shape index (κ1) is 3.47. The summed E-state index contributed by atoms with van der Waals surface area (Å²) in [6.45, 7) is 1.31. The zero-order valence-corrected chi connectivity index (χ0v) is 2.49. The van der Waals surface area contributed by atoms with Crippen molar-refractivity contribution in [2.45, 2.75) is 6.92 Å². The molecule has 0 bridgehead atoms. The molecule has 4 heavy (non-hydrogen) atoms. The van der Waals surface area contributed by atoms with Gasteiger partial charge in [-0.2, -0.15) is 0 Å². The molecule has 2 nitrogen and oxygen atoms in total. The molecule has 0 saturated heterocycles. The highest BCUT2D eigenvalue weighted by molar-refractivity contribution is 5.70. The average molecular weight is 60.1 g/mol. The van der Waals surface area contributed by atoms with E-state index in [9.17, 15) is 4.79 Å². The third kappa shape index (κ3) is 1.16. The smallest absolute Gasteiger partial charge is 0.214 e. The molecule has 0 heterocycles. The normalized spacial score (nSPS) is 6.25. The number of primary amides is 1. The van der Waals surface area contributed by atoms with Crippen LogP contribution in [0.3, 0.4) is 0 Å². The van der Waals surface area contributed by atoms with Crippen molar-refractivity contribution in [1.82, 2.24) is 0 Å². The second-order valence-corrected chi connectivity index (χ2v) is 0.611. The minimum atomic E-state index is -0.333. The van der Waals surface area contributed by atoms with Gasteiger partial charge in [-0.1, -0.05) is 0 Å². The Balaban J connectivity index is 2.80. The van der Waals surface area contributed by atoms with Gasteiger partial charge in [-0.25, -0.2) is 0 Å². The van der Waals surface area contributed by atoms with Crippen LogP contribution >= 0.6 is 0 Å². The van der Waals surface area contributed by atoms with Gasteiger partial charge in [-0.05, 0) is 0 Å². The van der Waals surface area contributed by atoms with Gasteiger partial charge in [-0.15, -0.1) is 0 Å². The van der Waals surface area contributed by atoms with Gasteiger partial charge in [0.1, 0.15) is 0 Å². The number of amides is 1. The van der Waals surface area contributed by atoms with Crippen LogP contribution in [0, 0.1) is 0 Å². The van der Waals surface area contributed by atoms with Crippen molar-refractivity contribution in [3.8, 4) is 0 Å². The summed E-state index contributed by atoms with van der Waals surface area (Å²) in [5, 5.41) is 0. The maximum atomic E-state index is 9.22. The van der Waals surface area contributed by atoms with Crippen LogP contribution in [-0.2, 0) is 4.79 Å². The van der Waals surface area contributed by atoms with Crippen LogP contribution in [0.25, 0.3) is 0 Å². The van der Waals surface area contributed by atoms with Gasteiger partial charge in [0.15, 0.2) is 0 Å². The quantitative estimate of drug-likeness (QED) is 0.376. The van der Waals surface area contributed by atoms with Gasteiger partial charge < -0.3 is 5.73 Å². The fraction of sp³-hybridized carbons (Fsp3) is 0.500. The Morgan fingerprint density at radius 2 is 2.00 bits per heavy atom. The highest BCUT2D eigenvalue weighted by Gasteiger charge is 1.61. The maximum Gasteiger partial charge on any atom is 0.214 e. The predicted molar refractivity (Wildman–Crippen MR) is 14.9 cm³/mol. The van der Waals surface area contributed by atoms with E-state index in [-0.39, 0.29) is 5.91 Å². The Kier molecular flexibility index (Phi) is 0.759. The van der Waals surface area contributed by atoms with Gasteiger partial charge in [-0.3, -0.25) is 4.79 Å². The number of nitrogens with two attached hydrogens (primary N) is 1. The molecule has 0 aromatic rings. The summed E-state index contributed by atoms with van der Waals surface area (Å²) in [4.78, 5) is 9.22. The van der Waals surface area contributed by atoms with Crippen molar-refractivity contribution in [3.05, 3.63) is 0 Å². The molecule has 0 fully saturated rings. The zero-order valence-electron chi connectivity index (χ0n) is 2.49. The van der Waals surface area contributed by atoms with Crippen LogP contribution in [0.1, 0.15) is 6.92 Å². The number of carbonyl (C=O) groups excluding carboxylic acids is 1. The average Bonchev–Trinajstić information content (AvgIpc) is 0.811. The van der Waals surface area contributed by atoms with E-state index in [0.29, 0.717) is 0 Å². The molecule has 0 rings (SSSR count). The lowest BCUT2D eigenvalue weighted by Crippen LogP contribution is -2.01. The minimum absolute atomic E-state index is 0.333. The molecular weight excluding hydrogens is 55.0 g/mol. The van der Waals surface area contributed by atoms with Crippen LogP contribution in [0.15, 0.2) is 0 Å². The number of carbonyl (C=O) groups is 1. The Bertz CT molecular complexity index is 29.0. The lowest BCUT2D eigenvalue weighted by molar-refractivity contribution is -0.115. The van der Waals surface area contributed by atoms with Crippen LogP contribution in [0.2, 0.25) is 0 Å². The second kappa shape index (κ2) is 0.875. The lowest BCUT2D eigenvalue weighted by Gasteiger charge is -1.60. The first-order valence-electron chi connectivity index (χ1n) is 0.993. The largest absolute Gasteiger partial charge is 0.370 e. The molecule has 1 amide bonds. The molecule has 0 spiro atoms. The van der Waals surface area contributed by atoms with E-state index in [1.54, 1.807) is 0 Å². The monoisotopic (exact) mass is 60.0 g/mol. The fourth-order valence-electron chi connectivity index (χ4n) is 0. The Morgan fingerprint density at radius 3 is 2.00 bits per heavy atom. The predicted octanol–water partition coefficient (Wildman–Crippen LogP) is -0.508. The van der Waals surface area contributed by atoms with Crippen LogP contribution < -0.4 is 5.73 Å². The second-order valence-electron chi connectivity index (χ2n) is 0.611. The van der Waals surface area contributed by atoms with Crippen LogP contribution in [-0.4, -0.2) is 5.91 Å². The molecule has 0 aromatic heterocycles. The summed E-state index contributed by atoms with van der Waals surface area (Å²) >= 11 is 0. The molecule has 0 atom stereocenters. The van der Waals surface area contributed by atoms with E-state index in [1.807, 2.05) is 0 Å². The third-order valence-corrected chi connectivity index (χ3v) is 0. The molecule has 24 valence electrons. The molecule has 0 aliphatic carbocycles. The molecular formula is C2H5NO. The van der Waals surface area contributed by atoms with Crippen molar-refractivity contribution < 1.29 is 4.79 Å². The molecule has 2 heteroatoms. The van der Waals surface area contributed by atoms with Crippen molar-refractivity contribution in [3.63, 3.8) is 0 Å². The molecule has 0 aliphatic heterocycles. The Hall–Kier alpha value is -0.530. The SMILES string of the molecule is CC([15NH2])=O. The van der Waals surface area contributed by atoms with Gasteiger partial charge in [0.05, 0.1) is 0 Å². The van der Waals surface area contributed by atoms with Crippen molar-refractivity contribution in [1.29, 1.82) is 0 Å². The van der Waals surface area contributed by atoms with E-state index in [4.69, 9.17) is 0 Å². The van der Waals surface area contributed by atoms with Gasteiger partial charge in [0, 0.05) is 6.92 Å². The zero-order chi connectivity index (χ0) is 3.58. The van der Waals surface area contributed by atoms with Gasteiger partial charge in [0.2, 0.25) is 5.91 Å². The number of rotatable bonds is 0. The summed E-state index contributed by atoms with van der Waals surface area (Å²) in [6.07, 6.45) is 0. The number of hydrogen-bond donors (Lipinski definition) is 1. The standard InChI is InChI=1S/C2H5NO/c1-2(3)4/h1H3,(H2,3,4)/i3+1. The minimum Gasteiger partial charge on any atom is -0.370 e. The lowest BCUT2D eigenvalue weighted by atomic mass is 10.8. The van der Waals surface area contributed by atoms with Crippen LogP contribution in [0.4, 0.5) is 0 Å². The topological polar surface area (TPSA) is 43.1 Å². The van der Waals surface area contributed by atoms with E-state index in [1.165, 1.54) is 6.92 Å². The molecule has 0 aromatic carbocycles. The summed E-state index contributed by atoms with van der Waals surface area (Å²) in [5.41, 5.74) is 4.47. The van der Waals surface area contributed by atoms with Gasteiger partial charge in [0.25, 0.3) is 0 Å². The highest BCUT2D eigenvalue weighted by atomic mass is 16.2. The Labute approximate surface area is 24.6 Å². The van der Waals surface area contributed by atoms with E-state index >= 15 is 0 Å². The van der Waals surface area contributed by atoms with Gasteiger partial charge >= 0.3 is 0 Å². The van der Waals surface area contributed by atoms with Crippen LogP contribution in [0.5, 0.6) is 0 Å². The summed E-state index contributed by atoms with van der Waals surface area (Å²) in [6, 6.07) is 0. The summed E-state index contributed by atoms with van der Waals surface area (Å²) in [5.74, 6) is -0.333. The maximum absolute atomic E-state index is 9.22. The molecule has 0 aliphatic rings. The van der Waals surface area contributed by atoms with E-state index < -0.39 is 0 Å². The molecule has 0 saturated carbocycles. The van der Waals surface area contributed by atoms with E-state index in [2.05, 4.69) is 5.73 Å². The van der Waals surface area contributed by atoms with Crippen molar-refractivity contribution in [2.75, 3.05) is 0 Å². The first-order chi connectivity index (χ1) is 1.73. The molecule has 2 N–H and O–H groups in total. The third-order valence-electron chi connectivity index (χ3n) is 0. The summed E-state index contributed by atoms with van der Waals surface area (Å²) < 4.78 is 0. The summed E-state index contributed by atoms with van der Waals surface area (Å²) in [7, 11) is 0. The Morgan fingerprint density at radius 1 is 2.00 bits per heavy atom. The number of hydrogen-bond acceptors (Lipinski definition) is 1.